The quantitative estimate of drug-likeness (QED) is 0.545. The van der Waals surface area contributed by atoms with Gasteiger partial charge in [0.2, 0.25) is 11.8 Å². The summed E-state index contributed by atoms with van der Waals surface area (Å²) in [6.07, 6.45) is 1.80. The van der Waals surface area contributed by atoms with Crippen LogP contribution in [0, 0.1) is 5.92 Å². The van der Waals surface area contributed by atoms with Crippen molar-refractivity contribution in [3.05, 3.63) is 0 Å². The molecule has 6 nitrogen and oxygen atoms in total. The van der Waals surface area contributed by atoms with Gasteiger partial charge in [0.15, 0.2) is 0 Å². The Morgan fingerprint density at radius 1 is 1.29 bits per heavy atom. The first-order chi connectivity index (χ1) is 8.15. The summed E-state index contributed by atoms with van der Waals surface area (Å²) in [7, 11) is 0. The number of amides is 2. The van der Waals surface area contributed by atoms with E-state index in [4.69, 9.17) is 5.73 Å². The topological polar surface area (TPSA) is 87.5 Å². The number of rotatable bonds is 4. The molecule has 2 fully saturated rings. The Bertz CT molecular complexity index is 296. The van der Waals surface area contributed by atoms with Crippen LogP contribution < -0.4 is 16.4 Å². The number of piperidine rings is 1. The first kappa shape index (κ1) is 12.3. The van der Waals surface area contributed by atoms with E-state index >= 15 is 0 Å². The van der Waals surface area contributed by atoms with Gasteiger partial charge < -0.3 is 16.4 Å². The molecule has 0 radical (unpaired) electrons. The van der Waals surface area contributed by atoms with Crippen LogP contribution in [-0.4, -0.2) is 55.5 Å². The Kier molecular flexibility index (Phi) is 3.96. The van der Waals surface area contributed by atoms with Crippen LogP contribution in [0.1, 0.15) is 12.8 Å². The number of carbonyl (C=O) groups excluding carboxylic acids is 2. The van der Waals surface area contributed by atoms with E-state index in [0.717, 1.165) is 39.0 Å². The van der Waals surface area contributed by atoms with Gasteiger partial charge in [0.05, 0.1) is 12.5 Å². The lowest BCUT2D eigenvalue weighted by Crippen LogP contribution is -2.54. The van der Waals surface area contributed by atoms with Crippen LogP contribution in [-0.2, 0) is 9.59 Å². The molecule has 0 bridgehead atoms. The van der Waals surface area contributed by atoms with Crippen LogP contribution in [0.15, 0.2) is 0 Å². The normalized spacial score (nSPS) is 23.1. The number of primary amides is 1. The second kappa shape index (κ2) is 5.46. The second-order valence-corrected chi connectivity index (χ2v) is 4.88. The zero-order chi connectivity index (χ0) is 12.3. The standard InChI is InChI=1S/C11H20N4O2/c12-10(16)7-15-3-1-9(2-4-15)14-11(17)8-5-13-6-8/h8-9,13H,1-7H2,(H2,12,16)(H,14,17). The molecule has 2 rings (SSSR count). The number of carbonyl (C=O) groups is 2. The fourth-order valence-corrected chi connectivity index (χ4v) is 2.25. The maximum absolute atomic E-state index is 11.7. The molecule has 96 valence electrons. The molecule has 0 unspecified atom stereocenters. The molecule has 2 heterocycles. The van der Waals surface area contributed by atoms with E-state index in [1.807, 2.05) is 4.90 Å². The van der Waals surface area contributed by atoms with Crippen LogP contribution >= 0.6 is 0 Å². The summed E-state index contributed by atoms with van der Waals surface area (Å²) in [6, 6.07) is 0.257. The fourth-order valence-electron chi connectivity index (χ4n) is 2.25. The van der Waals surface area contributed by atoms with Crippen molar-refractivity contribution in [3.63, 3.8) is 0 Å². The van der Waals surface area contributed by atoms with Crippen LogP contribution in [0.2, 0.25) is 0 Å². The predicted molar refractivity (Wildman–Crippen MR) is 63.2 cm³/mol. The molecule has 4 N–H and O–H groups in total. The third-order valence-electron chi connectivity index (χ3n) is 3.47. The number of hydrogen-bond donors (Lipinski definition) is 3. The zero-order valence-corrected chi connectivity index (χ0v) is 9.95. The lowest BCUT2D eigenvalue weighted by molar-refractivity contribution is -0.127. The van der Waals surface area contributed by atoms with Crippen molar-refractivity contribution in [1.29, 1.82) is 0 Å². The molecular weight excluding hydrogens is 220 g/mol. The molecule has 2 aliphatic rings. The van der Waals surface area contributed by atoms with Crippen molar-refractivity contribution < 1.29 is 9.59 Å². The van der Waals surface area contributed by atoms with E-state index in [1.54, 1.807) is 0 Å². The fraction of sp³-hybridized carbons (Fsp3) is 0.818. The molecule has 2 aliphatic heterocycles. The highest BCUT2D eigenvalue weighted by Crippen LogP contribution is 2.11. The van der Waals surface area contributed by atoms with Crippen molar-refractivity contribution in [3.8, 4) is 0 Å². The Labute approximate surface area is 101 Å². The molecule has 0 aliphatic carbocycles. The highest BCUT2D eigenvalue weighted by Gasteiger charge is 2.28. The van der Waals surface area contributed by atoms with E-state index in [1.165, 1.54) is 0 Å². The molecule has 0 aromatic rings. The largest absolute Gasteiger partial charge is 0.369 e. The first-order valence-corrected chi connectivity index (χ1v) is 6.17. The summed E-state index contributed by atoms with van der Waals surface area (Å²) in [5, 5.41) is 6.16. The van der Waals surface area contributed by atoms with Gasteiger partial charge in [-0.2, -0.15) is 0 Å². The van der Waals surface area contributed by atoms with Gasteiger partial charge in [-0.1, -0.05) is 0 Å². The van der Waals surface area contributed by atoms with Gasteiger partial charge in [-0.25, -0.2) is 0 Å². The van der Waals surface area contributed by atoms with Gasteiger partial charge in [0.25, 0.3) is 0 Å². The van der Waals surface area contributed by atoms with Crippen LogP contribution in [0.5, 0.6) is 0 Å². The molecular formula is C11H20N4O2. The van der Waals surface area contributed by atoms with Gasteiger partial charge in [-0.3, -0.25) is 14.5 Å². The minimum Gasteiger partial charge on any atom is -0.369 e. The molecule has 0 spiro atoms. The Hall–Kier alpha value is -1.14. The SMILES string of the molecule is NC(=O)CN1CCC(NC(=O)C2CNC2)CC1. The van der Waals surface area contributed by atoms with Gasteiger partial charge in [-0.05, 0) is 12.8 Å². The molecule has 17 heavy (non-hydrogen) atoms. The predicted octanol–water partition coefficient (Wildman–Crippen LogP) is -1.73. The second-order valence-electron chi connectivity index (χ2n) is 4.88. The Balaban J connectivity index is 1.68. The summed E-state index contributed by atoms with van der Waals surface area (Å²) < 4.78 is 0. The highest BCUT2D eigenvalue weighted by atomic mass is 16.2. The van der Waals surface area contributed by atoms with Gasteiger partial charge >= 0.3 is 0 Å². The highest BCUT2D eigenvalue weighted by molar-refractivity contribution is 5.80. The van der Waals surface area contributed by atoms with Gasteiger partial charge in [0, 0.05) is 32.2 Å². The molecule has 0 aromatic heterocycles. The lowest BCUT2D eigenvalue weighted by atomic mass is 9.99. The molecule has 0 aromatic carbocycles. The lowest BCUT2D eigenvalue weighted by Gasteiger charge is -2.33. The average molecular weight is 240 g/mol. The van der Waals surface area contributed by atoms with E-state index in [0.29, 0.717) is 6.54 Å². The third kappa shape index (κ3) is 3.41. The maximum atomic E-state index is 11.7. The van der Waals surface area contributed by atoms with E-state index in [-0.39, 0.29) is 23.8 Å². The van der Waals surface area contributed by atoms with E-state index < -0.39 is 0 Å². The van der Waals surface area contributed by atoms with Gasteiger partial charge in [-0.15, -0.1) is 0 Å². The Morgan fingerprint density at radius 2 is 1.94 bits per heavy atom. The zero-order valence-electron chi connectivity index (χ0n) is 9.95. The summed E-state index contributed by atoms with van der Waals surface area (Å²) in [6.45, 7) is 3.58. The number of hydrogen-bond acceptors (Lipinski definition) is 4. The minimum atomic E-state index is -0.284. The molecule has 2 amide bonds. The van der Waals surface area contributed by atoms with Crippen molar-refractivity contribution in [2.75, 3.05) is 32.7 Å². The van der Waals surface area contributed by atoms with Crippen molar-refractivity contribution in [2.24, 2.45) is 11.7 Å². The van der Waals surface area contributed by atoms with Crippen LogP contribution in [0.25, 0.3) is 0 Å². The van der Waals surface area contributed by atoms with E-state index in [2.05, 4.69) is 10.6 Å². The third-order valence-corrected chi connectivity index (χ3v) is 3.47. The van der Waals surface area contributed by atoms with E-state index in [9.17, 15) is 9.59 Å². The average Bonchev–Trinajstić information content (AvgIpc) is 2.17. The number of likely N-dealkylation sites (tertiary alicyclic amines) is 1. The monoisotopic (exact) mass is 240 g/mol. The number of nitrogens with two attached hydrogens (primary N) is 1. The van der Waals surface area contributed by atoms with Crippen molar-refractivity contribution >= 4 is 11.8 Å². The smallest absolute Gasteiger partial charge is 0.231 e. The molecule has 2 saturated heterocycles. The van der Waals surface area contributed by atoms with Crippen LogP contribution in [0.3, 0.4) is 0 Å². The molecule has 0 atom stereocenters. The summed E-state index contributed by atoms with van der Waals surface area (Å²) >= 11 is 0. The molecule has 6 heteroatoms. The number of nitrogens with zero attached hydrogens (tertiary/aromatic N) is 1. The van der Waals surface area contributed by atoms with Crippen molar-refractivity contribution in [2.45, 2.75) is 18.9 Å². The van der Waals surface area contributed by atoms with Crippen LogP contribution in [0.4, 0.5) is 0 Å². The first-order valence-electron chi connectivity index (χ1n) is 6.17. The van der Waals surface area contributed by atoms with Crippen molar-refractivity contribution in [1.82, 2.24) is 15.5 Å². The Morgan fingerprint density at radius 3 is 2.41 bits per heavy atom. The molecule has 0 saturated carbocycles. The maximum Gasteiger partial charge on any atom is 0.231 e. The minimum absolute atomic E-state index is 0.152. The van der Waals surface area contributed by atoms with Gasteiger partial charge in [0.1, 0.15) is 0 Å². The summed E-state index contributed by atoms with van der Waals surface area (Å²) in [5.74, 6) is 0.0313. The summed E-state index contributed by atoms with van der Waals surface area (Å²) in [4.78, 5) is 24.5. The summed E-state index contributed by atoms with van der Waals surface area (Å²) in [5.41, 5.74) is 5.15. The number of nitrogens with one attached hydrogen (secondary N) is 2.